The molecule has 98 valence electrons. The van der Waals surface area contributed by atoms with Gasteiger partial charge in [-0.3, -0.25) is 15.4 Å². The Balaban J connectivity index is 1.80. The van der Waals surface area contributed by atoms with E-state index >= 15 is 0 Å². The summed E-state index contributed by atoms with van der Waals surface area (Å²) < 4.78 is 5.61. The summed E-state index contributed by atoms with van der Waals surface area (Å²) in [5.74, 6) is 0.636. The van der Waals surface area contributed by atoms with Crippen molar-refractivity contribution >= 4 is 5.84 Å². The molecule has 0 unspecified atom stereocenters. The smallest absolute Gasteiger partial charge is 0.141 e. The van der Waals surface area contributed by atoms with Crippen molar-refractivity contribution in [2.24, 2.45) is 5.73 Å². The van der Waals surface area contributed by atoms with Crippen LogP contribution in [0.2, 0.25) is 0 Å². The predicted molar refractivity (Wildman–Crippen MR) is 73.3 cm³/mol. The minimum absolute atomic E-state index is 0.0535. The molecule has 0 fully saturated rings. The van der Waals surface area contributed by atoms with Crippen molar-refractivity contribution in [2.45, 2.75) is 12.8 Å². The van der Waals surface area contributed by atoms with E-state index in [-0.39, 0.29) is 5.84 Å². The molecule has 0 atom stereocenters. The summed E-state index contributed by atoms with van der Waals surface area (Å²) in [6, 6.07) is 7.44. The summed E-state index contributed by atoms with van der Waals surface area (Å²) in [6.07, 6.45) is 7.04. The van der Waals surface area contributed by atoms with Crippen LogP contribution in [-0.4, -0.2) is 22.4 Å². The van der Waals surface area contributed by atoms with Gasteiger partial charge in [-0.25, -0.2) is 0 Å². The van der Waals surface area contributed by atoms with E-state index < -0.39 is 0 Å². The maximum Gasteiger partial charge on any atom is 0.141 e. The number of nitrogen functional groups attached to an aromatic ring is 1. The molecule has 0 aliphatic rings. The third kappa shape index (κ3) is 4.06. The van der Waals surface area contributed by atoms with Crippen molar-refractivity contribution in [1.29, 1.82) is 5.41 Å². The number of hydrogen-bond acceptors (Lipinski definition) is 4. The lowest BCUT2D eigenvalue weighted by Crippen LogP contribution is -2.13. The molecule has 0 saturated carbocycles. The first-order chi connectivity index (χ1) is 9.25. The third-order valence-electron chi connectivity index (χ3n) is 2.64. The van der Waals surface area contributed by atoms with Crippen LogP contribution in [0.15, 0.2) is 42.9 Å². The zero-order valence-electron chi connectivity index (χ0n) is 10.5. The van der Waals surface area contributed by atoms with Crippen molar-refractivity contribution in [3.63, 3.8) is 0 Å². The molecule has 19 heavy (non-hydrogen) atoms. The highest BCUT2D eigenvalue weighted by atomic mass is 16.5. The molecule has 0 aliphatic heterocycles. The molecule has 2 aromatic heterocycles. The van der Waals surface area contributed by atoms with E-state index in [0.717, 1.165) is 12.8 Å². The van der Waals surface area contributed by atoms with E-state index in [0.29, 0.717) is 18.1 Å². The Morgan fingerprint density at radius 2 is 2.00 bits per heavy atom. The summed E-state index contributed by atoms with van der Waals surface area (Å²) in [6.45, 7) is 0.615. The van der Waals surface area contributed by atoms with E-state index in [1.54, 1.807) is 30.7 Å². The van der Waals surface area contributed by atoms with Crippen LogP contribution in [0.25, 0.3) is 0 Å². The van der Waals surface area contributed by atoms with Crippen LogP contribution in [0.1, 0.15) is 17.7 Å². The number of nitrogens with two attached hydrogens (primary N) is 1. The summed E-state index contributed by atoms with van der Waals surface area (Å²) in [5.41, 5.74) is 7.06. The zero-order valence-corrected chi connectivity index (χ0v) is 10.5. The van der Waals surface area contributed by atoms with Gasteiger partial charge in [0.25, 0.3) is 0 Å². The molecule has 0 saturated heterocycles. The number of pyridine rings is 2. The van der Waals surface area contributed by atoms with Gasteiger partial charge in [0.15, 0.2) is 0 Å². The molecule has 2 rings (SSSR count). The maximum atomic E-state index is 7.31. The van der Waals surface area contributed by atoms with Crippen LogP contribution in [-0.2, 0) is 6.42 Å². The van der Waals surface area contributed by atoms with Gasteiger partial charge in [-0.15, -0.1) is 0 Å². The van der Waals surface area contributed by atoms with Crippen molar-refractivity contribution in [1.82, 2.24) is 9.97 Å². The van der Waals surface area contributed by atoms with Gasteiger partial charge in [0.05, 0.1) is 6.61 Å². The SMILES string of the molecule is N=C(N)c1cc(OCCCc2ccncc2)ccn1. The normalized spacial score (nSPS) is 10.1. The van der Waals surface area contributed by atoms with Crippen molar-refractivity contribution in [2.75, 3.05) is 6.61 Å². The van der Waals surface area contributed by atoms with Crippen molar-refractivity contribution in [3.05, 3.63) is 54.1 Å². The minimum atomic E-state index is -0.0535. The Labute approximate surface area is 112 Å². The molecule has 0 aliphatic carbocycles. The fourth-order valence-electron chi connectivity index (χ4n) is 1.66. The first kappa shape index (κ1) is 13.0. The molecule has 5 heteroatoms. The van der Waals surface area contributed by atoms with E-state index in [1.165, 1.54) is 5.56 Å². The fourth-order valence-corrected chi connectivity index (χ4v) is 1.66. The van der Waals surface area contributed by atoms with E-state index in [4.69, 9.17) is 15.9 Å². The van der Waals surface area contributed by atoms with Gasteiger partial charge in [0, 0.05) is 24.7 Å². The minimum Gasteiger partial charge on any atom is -0.493 e. The second-order valence-electron chi connectivity index (χ2n) is 4.10. The second kappa shape index (κ2) is 6.49. The molecule has 2 aromatic rings. The number of rotatable bonds is 6. The van der Waals surface area contributed by atoms with Crippen LogP contribution < -0.4 is 10.5 Å². The van der Waals surface area contributed by atoms with Crippen LogP contribution in [0.4, 0.5) is 0 Å². The molecule has 2 heterocycles. The van der Waals surface area contributed by atoms with Gasteiger partial charge in [-0.2, -0.15) is 0 Å². The molecule has 0 amide bonds. The quantitative estimate of drug-likeness (QED) is 0.468. The highest BCUT2D eigenvalue weighted by Gasteiger charge is 2.01. The fraction of sp³-hybridized carbons (Fsp3) is 0.214. The third-order valence-corrected chi connectivity index (χ3v) is 2.64. The van der Waals surface area contributed by atoms with Crippen molar-refractivity contribution < 1.29 is 4.74 Å². The molecular weight excluding hydrogens is 240 g/mol. The number of amidine groups is 1. The van der Waals surface area contributed by atoms with E-state index in [2.05, 4.69) is 9.97 Å². The highest BCUT2D eigenvalue weighted by molar-refractivity contribution is 5.93. The predicted octanol–water partition coefficient (Wildman–Crippen LogP) is 1.77. The molecule has 3 N–H and O–H groups in total. The Kier molecular flexibility index (Phi) is 4.44. The number of ether oxygens (including phenoxy) is 1. The Hall–Kier alpha value is -2.43. The molecule has 0 aromatic carbocycles. The van der Waals surface area contributed by atoms with Crippen LogP contribution in [0.5, 0.6) is 5.75 Å². The second-order valence-corrected chi connectivity index (χ2v) is 4.10. The summed E-state index contributed by atoms with van der Waals surface area (Å²) >= 11 is 0. The van der Waals surface area contributed by atoms with Crippen LogP contribution in [0, 0.1) is 5.41 Å². The van der Waals surface area contributed by atoms with Crippen LogP contribution >= 0.6 is 0 Å². The van der Waals surface area contributed by atoms with E-state index in [9.17, 15) is 0 Å². The van der Waals surface area contributed by atoms with Gasteiger partial charge in [0.1, 0.15) is 17.3 Å². The summed E-state index contributed by atoms with van der Waals surface area (Å²) in [5, 5.41) is 7.31. The molecule has 0 spiro atoms. The van der Waals surface area contributed by atoms with Crippen LogP contribution in [0.3, 0.4) is 0 Å². The van der Waals surface area contributed by atoms with Gasteiger partial charge in [-0.05, 0) is 36.6 Å². The molecule has 0 bridgehead atoms. The summed E-state index contributed by atoms with van der Waals surface area (Å²) in [4.78, 5) is 7.96. The number of nitrogens with one attached hydrogen (secondary N) is 1. The topological polar surface area (TPSA) is 84.9 Å². The number of aromatic nitrogens is 2. The van der Waals surface area contributed by atoms with Crippen molar-refractivity contribution in [3.8, 4) is 5.75 Å². The lowest BCUT2D eigenvalue weighted by molar-refractivity contribution is 0.310. The zero-order chi connectivity index (χ0) is 13.5. The summed E-state index contributed by atoms with van der Waals surface area (Å²) in [7, 11) is 0. The lowest BCUT2D eigenvalue weighted by Gasteiger charge is -2.07. The largest absolute Gasteiger partial charge is 0.493 e. The average molecular weight is 256 g/mol. The van der Waals surface area contributed by atoms with Gasteiger partial charge < -0.3 is 10.5 Å². The number of nitrogens with zero attached hydrogens (tertiary/aromatic N) is 2. The molecule has 0 radical (unpaired) electrons. The lowest BCUT2D eigenvalue weighted by atomic mass is 10.1. The van der Waals surface area contributed by atoms with E-state index in [1.807, 2.05) is 12.1 Å². The molecule has 5 nitrogen and oxygen atoms in total. The Bertz CT molecular complexity index is 542. The first-order valence-electron chi connectivity index (χ1n) is 6.08. The number of hydrogen-bond donors (Lipinski definition) is 2. The average Bonchev–Trinajstić information content (AvgIpc) is 2.45. The number of aryl methyl sites for hydroxylation is 1. The van der Waals surface area contributed by atoms with Gasteiger partial charge in [0.2, 0.25) is 0 Å². The first-order valence-corrected chi connectivity index (χ1v) is 6.08. The monoisotopic (exact) mass is 256 g/mol. The molecular formula is C14H16N4O. The Morgan fingerprint density at radius 1 is 1.21 bits per heavy atom. The van der Waals surface area contributed by atoms with Gasteiger partial charge >= 0.3 is 0 Å². The Morgan fingerprint density at radius 3 is 2.74 bits per heavy atom. The standard InChI is InChI=1S/C14H16N4O/c15-14(16)13-10-12(5-8-18-13)19-9-1-2-11-3-6-17-7-4-11/h3-8,10H,1-2,9H2,(H3,15,16). The highest BCUT2D eigenvalue weighted by Crippen LogP contribution is 2.11. The van der Waals surface area contributed by atoms with Gasteiger partial charge in [-0.1, -0.05) is 0 Å². The maximum absolute atomic E-state index is 7.31.